The first-order valence-corrected chi connectivity index (χ1v) is 8.54. The Hall–Kier alpha value is -2.15. The second kappa shape index (κ2) is 6.95. The van der Waals surface area contributed by atoms with Crippen LogP contribution < -0.4 is 0 Å². The summed E-state index contributed by atoms with van der Waals surface area (Å²) in [5.74, 6) is 0.615. The Bertz CT molecular complexity index is 681. The molecule has 2 aromatic rings. The predicted octanol–water partition coefficient (Wildman–Crippen LogP) is 1.96. The van der Waals surface area contributed by atoms with Crippen LogP contribution in [0.2, 0.25) is 0 Å². The lowest BCUT2D eigenvalue weighted by atomic mass is 10.3. The van der Waals surface area contributed by atoms with Gasteiger partial charge in [-0.25, -0.2) is 0 Å². The fourth-order valence-corrected chi connectivity index (χ4v) is 3.37. The number of thiophene rings is 1. The summed E-state index contributed by atoms with van der Waals surface area (Å²) in [6.45, 7) is 4.17. The number of rotatable bonds is 3. The molecule has 0 spiro atoms. The lowest BCUT2D eigenvalue weighted by Gasteiger charge is -2.21. The van der Waals surface area contributed by atoms with Crippen LogP contribution in [-0.2, 0) is 11.2 Å². The van der Waals surface area contributed by atoms with Gasteiger partial charge in [-0.3, -0.25) is 9.59 Å². The first kappa shape index (κ1) is 15.7. The van der Waals surface area contributed by atoms with E-state index in [1.807, 2.05) is 22.4 Å². The number of carbonyl (C=O) groups is 2. The molecule has 3 heterocycles. The fraction of sp³-hybridized carbons (Fsp3) is 0.438. The number of hydrogen-bond donors (Lipinski definition) is 0. The summed E-state index contributed by atoms with van der Waals surface area (Å²) in [6.07, 6.45) is 1.22. The van der Waals surface area contributed by atoms with Crippen LogP contribution in [0.3, 0.4) is 0 Å². The van der Waals surface area contributed by atoms with Crippen molar-refractivity contribution in [3.05, 3.63) is 39.9 Å². The largest absolute Gasteiger partial charge is 0.361 e. The maximum absolute atomic E-state index is 12.4. The van der Waals surface area contributed by atoms with Gasteiger partial charge in [0.2, 0.25) is 5.91 Å². The zero-order chi connectivity index (χ0) is 16.2. The van der Waals surface area contributed by atoms with Crippen LogP contribution in [0.5, 0.6) is 0 Å². The van der Waals surface area contributed by atoms with Crippen molar-refractivity contribution in [1.29, 1.82) is 0 Å². The van der Waals surface area contributed by atoms with E-state index in [-0.39, 0.29) is 11.8 Å². The van der Waals surface area contributed by atoms with Gasteiger partial charge in [0.15, 0.2) is 5.69 Å². The van der Waals surface area contributed by atoms with Crippen LogP contribution >= 0.6 is 11.3 Å². The van der Waals surface area contributed by atoms with E-state index in [0.29, 0.717) is 44.1 Å². The standard InChI is InChI=1S/C16H19N3O3S/c1-12-10-14(17-22-12)16(21)19-6-3-5-18(7-8-19)15(20)11-13-4-2-9-23-13/h2,4,9-10H,3,5-8,11H2,1H3. The van der Waals surface area contributed by atoms with E-state index in [1.165, 1.54) is 0 Å². The van der Waals surface area contributed by atoms with E-state index < -0.39 is 0 Å². The molecule has 122 valence electrons. The van der Waals surface area contributed by atoms with Crippen molar-refractivity contribution in [2.24, 2.45) is 0 Å². The molecule has 6 nitrogen and oxygen atoms in total. The monoisotopic (exact) mass is 333 g/mol. The minimum atomic E-state index is -0.130. The maximum atomic E-state index is 12.4. The van der Waals surface area contributed by atoms with Crippen molar-refractivity contribution >= 4 is 23.2 Å². The number of carbonyl (C=O) groups excluding carboxylic acids is 2. The molecule has 0 saturated carbocycles. The van der Waals surface area contributed by atoms with Gasteiger partial charge in [-0.05, 0) is 24.8 Å². The van der Waals surface area contributed by atoms with Crippen LogP contribution in [0, 0.1) is 6.92 Å². The molecule has 2 amide bonds. The van der Waals surface area contributed by atoms with Crippen LogP contribution in [0.4, 0.5) is 0 Å². The third kappa shape index (κ3) is 3.79. The molecule has 1 aliphatic rings. The van der Waals surface area contributed by atoms with Crippen LogP contribution in [0.15, 0.2) is 28.1 Å². The highest BCUT2D eigenvalue weighted by Crippen LogP contribution is 2.13. The third-order valence-corrected chi connectivity index (χ3v) is 4.76. The van der Waals surface area contributed by atoms with E-state index in [9.17, 15) is 9.59 Å². The Balaban J connectivity index is 1.58. The Kier molecular flexibility index (Phi) is 4.76. The highest BCUT2D eigenvalue weighted by atomic mass is 32.1. The molecule has 2 aromatic heterocycles. The van der Waals surface area contributed by atoms with Crippen LogP contribution in [0.25, 0.3) is 0 Å². The molecule has 0 bridgehead atoms. The zero-order valence-electron chi connectivity index (χ0n) is 13.0. The Morgan fingerprint density at radius 3 is 2.74 bits per heavy atom. The van der Waals surface area contributed by atoms with E-state index in [1.54, 1.807) is 29.2 Å². The van der Waals surface area contributed by atoms with Crippen molar-refractivity contribution in [3.8, 4) is 0 Å². The minimum Gasteiger partial charge on any atom is -0.361 e. The van der Waals surface area contributed by atoms with Crippen LogP contribution in [0.1, 0.15) is 27.5 Å². The first-order chi connectivity index (χ1) is 11.1. The van der Waals surface area contributed by atoms with Crippen molar-refractivity contribution in [3.63, 3.8) is 0 Å². The molecule has 1 saturated heterocycles. The summed E-state index contributed by atoms with van der Waals surface area (Å²) in [4.78, 5) is 29.4. The van der Waals surface area contributed by atoms with E-state index in [2.05, 4.69) is 5.16 Å². The normalized spacial score (nSPS) is 15.5. The van der Waals surface area contributed by atoms with E-state index in [4.69, 9.17) is 4.52 Å². The summed E-state index contributed by atoms with van der Waals surface area (Å²) in [5.41, 5.74) is 0.334. The molecule has 7 heteroatoms. The summed E-state index contributed by atoms with van der Waals surface area (Å²) in [5, 5.41) is 5.76. The topological polar surface area (TPSA) is 66.7 Å². The molecule has 0 atom stereocenters. The SMILES string of the molecule is Cc1cc(C(=O)N2CCCN(C(=O)Cc3cccs3)CC2)no1. The van der Waals surface area contributed by atoms with E-state index >= 15 is 0 Å². The quantitative estimate of drug-likeness (QED) is 0.861. The number of amides is 2. The maximum Gasteiger partial charge on any atom is 0.276 e. The molecule has 0 N–H and O–H groups in total. The number of aryl methyl sites for hydroxylation is 1. The summed E-state index contributed by atoms with van der Waals surface area (Å²) >= 11 is 1.59. The average molecular weight is 333 g/mol. The summed E-state index contributed by atoms with van der Waals surface area (Å²) < 4.78 is 4.96. The molecule has 0 unspecified atom stereocenters. The predicted molar refractivity (Wildman–Crippen MR) is 86.4 cm³/mol. The van der Waals surface area contributed by atoms with E-state index in [0.717, 1.165) is 11.3 Å². The number of nitrogens with zero attached hydrogens (tertiary/aromatic N) is 3. The van der Waals surface area contributed by atoms with Crippen LogP contribution in [-0.4, -0.2) is 52.9 Å². The zero-order valence-corrected chi connectivity index (χ0v) is 13.8. The highest BCUT2D eigenvalue weighted by molar-refractivity contribution is 7.10. The van der Waals surface area contributed by atoms with Gasteiger partial charge >= 0.3 is 0 Å². The molecule has 23 heavy (non-hydrogen) atoms. The van der Waals surface area contributed by atoms with Gasteiger partial charge < -0.3 is 14.3 Å². The van der Waals surface area contributed by atoms with Crippen molar-refractivity contribution < 1.29 is 14.1 Å². The lowest BCUT2D eigenvalue weighted by Crippen LogP contribution is -2.38. The summed E-state index contributed by atoms with van der Waals surface area (Å²) in [7, 11) is 0. The molecule has 1 fully saturated rings. The second-order valence-corrected chi connectivity index (χ2v) is 6.64. The molecule has 0 aliphatic carbocycles. The first-order valence-electron chi connectivity index (χ1n) is 7.66. The van der Waals surface area contributed by atoms with Crippen molar-refractivity contribution in [2.45, 2.75) is 19.8 Å². The third-order valence-electron chi connectivity index (χ3n) is 3.89. The average Bonchev–Trinajstić information content (AvgIpc) is 3.12. The number of aromatic nitrogens is 1. The lowest BCUT2D eigenvalue weighted by molar-refractivity contribution is -0.130. The van der Waals surface area contributed by atoms with Crippen molar-refractivity contribution in [1.82, 2.24) is 15.0 Å². The Labute approximate surface area is 138 Å². The molecular formula is C16H19N3O3S. The van der Waals surface area contributed by atoms with Gasteiger partial charge in [0.25, 0.3) is 5.91 Å². The Morgan fingerprint density at radius 1 is 1.26 bits per heavy atom. The molecule has 1 aliphatic heterocycles. The van der Waals surface area contributed by atoms with Gasteiger partial charge in [0.1, 0.15) is 5.76 Å². The van der Waals surface area contributed by atoms with Gasteiger partial charge in [-0.1, -0.05) is 11.2 Å². The van der Waals surface area contributed by atoms with Crippen molar-refractivity contribution in [2.75, 3.05) is 26.2 Å². The molecular weight excluding hydrogens is 314 g/mol. The molecule has 0 radical (unpaired) electrons. The van der Waals surface area contributed by atoms with Gasteiger partial charge in [0.05, 0.1) is 6.42 Å². The van der Waals surface area contributed by atoms with Gasteiger partial charge in [-0.15, -0.1) is 11.3 Å². The smallest absolute Gasteiger partial charge is 0.276 e. The second-order valence-electron chi connectivity index (χ2n) is 5.61. The van der Waals surface area contributed by atoms with Gasteiger partial charge in [0, 0.05) is 37.1 Å². The highest BCUT2D eigenvalue weighted by Gasteiger charge is 2.24. The fourth-order valence-electron chi connectivity index (χ4n) is 2.67. The molecule has 3 rings (SSSR count). The summed E-state index contributed by atoms with van der Waals surface area (Å²) in [6, 6.07) is 5.58. The van der Waals surface area contributed by atoms with Gasteiger partial charge in [-0.2, -0.15) is 0 Å². The Morgan fingerprint density at radius 2 is 2.04 bits per heavy atom. The molecule has 0 aromatic carbocycles. The number of hydrogen-bond acceptors (Lipinski definition) is 5. The minimum absolute atomic E-state index is 0.124.